The monoisotopic (exact) mass is 664 g/mol. The van der Waals surface area contributed by atoms with Gasteiger partial charge in [0, 0.05) is 6.92 Å². The first kappa shape index (κ1) is 35.5. The molecule has 2 saturated heterocycles. The van der Waals surface area contributed by atoms with Crippen LogP contribution < -0.4 is 5.32 Å². The number of nitrogens with zero attached hydrogens (tertiary/aromatic N) is 5. The predicted molar refractivity (Wildman–Crippen MR) is 169 cm³/mol. The Morgan fingerprint density at radius 3 is 2.36 bits per heavy atom. The molecule has 14 nitrogen and oxygen atoms in total. The summed E-state index contributed by atoms with van der Waals surface area (Å²) in [6, 6.07) is 2.04. The number of nitrogens with one attached hydrogen (secondary N) is 1. The summed E-state index contributed by atoms with van der Waals surface area (Å²) in [5.74, 6) is 0.0296. The molecule has 1 N–H and O–H groups in total. The number of hydrogen-bond acceptors (Lipinski definition) is 12. The molecule has 4 atom stereocenters. The number of imidazole rings is 1. The molecule has 2 aromatic heterocycles. The van der Waals surface area contributed by atoms with Gasteiger partial charge in [-0.2, -0.15) is 5.26 Å². The van der Waals surface area contributed by atoms with Gasteiger partial charge >= 0.3 is 17.1 Å². The second-order valence-corrected chi connectivity index (χ2v) is 21.6. The number of nitriles is 1. The van der Waals surface area contributed by atoms with E-state index in [2.05, 4.69) is 75.7 Å². The van der Waals surface area contributed by atoms with E-state index in [9.17, 15) is 4.79 Å². The van der Waals surface area contributed by atoms with Gasteiger partial charge in [0.1, 0.15) is 38.2 Å². The summed E-state index contributed by atoms with van der Waals surface area (Å²) in [6.45, 7) is 19.2. The standard InChI is InChI=1S/C29H48N6O8Si2/c1-18(2)44(19(3)4)40-13-23-25(42-45(43-44,20(5)6)21(7)8)26(39-17-38-16-37-12-10-11-30)29(41-23)35-15-33-24-27(34-22(9)36)31-14-32-28(24)35/h14-15,18-21,23,25-26,29H,10,12-13,16-17H2,1-9H3,(H,31,32,34,36)/t23-,25+,26+,29-/m1/s1. The smallest absolute Gasteiger partial charge is 0.335 e. The lowest BCUT2D eigenvalue weighted by Gasteiger charge is -2.51. The van der Waals surface area contributed by atoms with Crippen LogP contribution in [0.5, 0.6) is 0 Å². The van der Waals surface area contributed by atoms with E-state index in [1.807, 2.05) is 6.07 Å². The predicted octanol–water partition coefficient (Wildman–Crippen LogP) is 4.89. The largest absolute Gasteiger partial charge is 0.414 e. The van der Waals surface area contributed by atoms with Crippen LogP contribution in [0.15, 0.2) is 12.7 Å². The van der Waals surface area contributed by atoms with Crippen LogP contribution in [0, 0.1) is 11.3 Å². The van der Waals surface area contributed by atoms with E-state index >= 15 is 0 Å². The van der Waals surface area contributed by atoms with E-state index in [0.717, 1.165) is 0 Å². The molecule has 45 heavy (non-hydrogen) atoms. The molecule has 16 heteroatoms. The molecule has 0 saturated carbocycles. The van der Waals surface area contributed by atoms with E-state index < -0.39 is 41.7 Å². The molecule has 0 aliphatic carbocycles. The number of aromatic nitrogens is 4. The van der Waals surface area contributed by atoms with Gasteiger partial charge in [-0.3, -0.25) is 9.36 Å². The quantitative estimate of drug-likeness (QED) is 0.176. The van der Waals surface area contributed by atoms with Crippen LogP contribution in [0.1, 0.15) is 75.0 Å². The molecular formula is C29H48N6O8Si2. The van der Waals surface area contributed by atoms with Crippen molar-refractivity contribution in [3.05, 3.63) is 12.7 Å². The second-order valence-electron chi connectivity index (χ2n) is 12.7. The lowest BCUT2D eigenvalue weighted by molar-refractivity contribution is -0.174. The van der Waals surface area contributed by atoms with Gasteiger partial charge in [-0.05, 0) is 22.2 Å². The van der Waals surface area contributed by atoms with Gasteiger partial charge in [0.05, 0.1) is 32.0 Å². The molecule has 2 aromatic rings. The minimum absolute atomic E-state index is 0.0318. The van der Waals surface area contributed by atoms with Crippen LogP contribution in [-0.2, 0) is 36.7 Å². The Hall–Kier alpha value is -2.34. The maximum atomic E-state index is 11.8. The number of hydrogen-bond donors (Lipinski definition) is 1. The number of rotatable bonds is 13. The van der Waals surface area contributed by atoms with Gasteiger partial charge in [-0.1, -0.05) is 55.4 Å². The molecule has 0 radical (unpaired) electrons. The van der Waals surface area contributed by atoms with Crippen LogP contribution in [0.2, 0.25) is 22.2 Å². The Kier molecular flexibility index (Phi) is 11.9. The van der Waals surface area contributed by atoms with Crippen molar-refractivity contribution in [1.82, 2.24) is 19.5 Å². The molecule has 0 bridgehead atoms. The summed E-state index contributed by atoms with van der Waals surface area (Å²) in [5.41, 5.74) is 1.46. The third-order valence-electron chi connectivity index (χ3n) is 8.41. The number of ether oxygens (including phenoxy) is 4. The van der Waals surface area contributed by atoms with Crippen LogP contribution in [0.3, 0.4) is 0 Å². The van der Waals surface area contributed by atoms with Crippen molar-refractivity contribution in [2.45, 2.75) is 115 Å². The van der Waals surface area contributed by atoms with Crippen molar-refractivity contribution in [3.63, 3.8) is 0 Å². The molecule has 250 valence electrons. The average molecular weight is 665 g/mol. The SMILES string of the molecule is CC(=O)Nc1ncnc2c1ncn2[C@@H]1O[C@@H]2CO[Si](C(C)C)(C(C)C)O[Si](C(C)C)(C(C)C)O[C@@H]2[C@@H]1OCOCOCCC#N. The third kappa shape index (κ3) is 7.31. The molecule has 2 aliphatic heterocycles. The normalized spacial score (nSPS) is 24.6. The first-order chi connectivity index (χ1) is 21.4. The van der Waals surface area contributed by atoms with Crippen molar-refractivity contribution < 1.29 is 36.7 Å². The Balaban J connectivity index is 1.75. The number of carbonyl (C=O) groups excluding carboxylic acids is 1. The highest BCUT2D eigenvalue weighted by molar-refractivity contribution is 6.84. The number of anilines is 1. The fourth-order valence-corrected chi connectivity index (χ4v) is 17.4. The Bertz CT molecular complexity index is 1320. The van der Waals surface area contributed by atoms with E-state index in [0.29, 0.717) is 17.0 Å². The number of fused-ring (bicyclic) bond motifs is 2. The highest BCUT2D eigenvalue weighted by Crippen LogP contribution is 2.49. The molecule has 2 fully saturated rings. The molecule has 0 spiro atoms. The van der Waals surface area contributed by atoms with Crippen molar-refractivity contribution in [1.29, 1.82) is 5.26 Å². The summed E-state index contributed by atoms with van der Waals surface area (Å²) in [7, 11) is -5.78. The molecule has 4 heterocycles. The van der Waals surface area contributed by atoms with Crippen molar-refractivity contribution in [3.8, 4) is 6.07 Å². The fraction of sp³-hybridized carbons (Fsp3) is 0.759. The number of carbonyl (C=O) groups is 1. The van der Waals surface area contributed by atoms with Crippen LogP contribution in [-0.4, -0.2) is 87.7 Å². The van der Waals surface area contributed by atoms with Crippen LogP contribution in [0.25, 0.3) is 11.2 Å². The van der Waals surface area contributed by atoms with Gasteiger partial charge in [0.25, 0.3) is 0 Å². The van der Waals surface area contributed by atoms with Crippen molar-refractivity contribution in [2.24, 2.45) is 0 Å². The minimum atomic E-state index is -2.99. The summed E-state index contributed by atoms with van der Waals surface area (Å²) in [4.78, 5) is 25.0. The molecule has 4 rings (SSSR count). The summed E-state index contributed by atoms with van der Waals surface area (Å²) >= 11 is 0. The van der Waals surface area contributed by atoms with Gasteiger partial charge in [0.2, 0.25) is 5.91 Å². The Morgan fingerprint density at radius 1 is 1.04 bits per heavy atom. The summed E-state index contributed by atoms with van der Waals surface area (Å²) < 4.78 is 47.5. The summed E-state index contributed by atoms with van der Waals surface area (Å²) in [5, 5.41) is 11.5. The lowest BCUT2D eigenvalue weighted by atomic mass is 10.1. The molecular weight excluding hydrogens is 617 g/mol. The van der Waals surface area contributed by atoms with E-state index in [-0.39, 0.29) is 61.3 Å². The summed E-state index contributed by atoms with van der Waals surface area (Å²) in [6.07, 6.45) is 0.795. The maximum Gasteiger partial charge on any atom is 0.335 e. The fourth-order valence-electron chi connectivity index (χ4n) is 6.22. The lowest BCUT2D eigenvalue weighted by Crippen LogP contribution is -2.66. The minimum Gasteiger partial charge on any atom is -0.414 e. The van der Waals surface area contributed by atoms with Gasteiger partial charge in [-0.25, -0.2) is 15.0 Å². The molecule has 0 unspecified atom stereocenters. The highest BCUT2D eigenvalue weighted by Gasteiger charge is 2.62. The zero-order chi connectivity index (χ0) is 32.9. The van der Waals surface area contributed by atoms with E-state index in [1.165, 1.54) is 13.3 Å². The van der Waals surface area contributed by atoms with Crippen LogP contribution >= 0.6 is 0 Å². The van der Waals surface area contributed by atoms with Gasteiger partial charge in [0.15, 0.2) is 23.2 Å². The first-order valence-corrected chi connectivity index (χ1v) is 19.6. The highest BCUT2D eigenvalue weighted by atomic mass is 28.5. The molecule has 2 aliphatic rings. The third-order valence-corrected chi connectivity index (χ3v) is 18.7. The van der Waals surface area contributed by atoms with Crippen molar-refractivity contribution >= 4 is 40.0 Å². The molecule has 1 amide bonds. The second kappa shape index (κ2) is 15.0. The Morgan fingerprint density at radius 2 is 1.73 bits per heavy atom. The maximum absolute atomic E-state index is 11.8. The molecule has 0 aromatic carbocycles. The first-order valence-electron chi connectivity index (χ1n) is 15.6. The number of amides is 1. The van der Waals surface area contributed by atoms with Gasteiger partial charge < -0.3 is 37.2 Å². The van der Waals surface area contributed by atoms with E-state index in [1.54, 1.807) is 10.9 Å². The van der Waals surface area contributed by atoms with Crippen molar-refractivity contribution in [2.75, 3.05) is 32.1 Å². The average Bonchev–Trinajstić information content (AvgIpc) is 3.53. The Labute approximate surface area is 267 Å². The zero-order valence-corrected chi connectivity index (χ0v) is 29.8. The topological polar surface area (TPSA) is 161 Å². The van der Waals surface area contributed by atoms with Crippen LogP contribution in [0.4, 0.5) is 5.82 Å². The zero-order valence-electron chi connectivity index (χ0n) is 27.8. The van der Waals surface area contributed by atoms with Gasteiger partial charge in [-0.15, -0.1) is 0 Å². The van der Waals surface area contributed by atoms with E-state index in [4.69, 9.17) is 37.2 Å².